The molecule has 1 fully saturated rings. The molecule has 20 heavy (non-hydrogen) atoms. The first kappa shape index (κ1) is 13.6. The molecule has 3 rings (SSSR count). The molecule has 0 unspecified atom stereocenters. The highest BCUT2D eigenvalue weighted by molar-refractivity contribution is 9.09. The minimum atomic E-state index is -0.0728. The molecule has 1 aliphatic carbocycles. The highest BCUT2D eigenvalue weighted by Crippen LogP contribution is 2.31. The van der Waals surface area contributed by atoms with Gasteiger partial charge in [-0.25, -0.2) is 0 Å². The molecule has 5 heteroatoms. The third-order valence-electron chi connectivity index (χ3n) is 4.00. The van der Waals surface area contributed by atoms with Gasteiger partial charge >= 0.3 is 0 Å². The van der Waals surface area contributed by atoms with Crippen LogP contribution >= 0.6 is 15.9 Å². The molecular formula is C15H17BrN2O2. The fraction of sp³-hybridized carbons (Fsp3) is 0.467. The third kappa shape index (κ3) is 2.59. The molecule has 0 spiro atoms. The van der Waals surface area contributed by atoms with Crippen LogP contribution in [0.3, 0.4) is 0 Å². The molecule has 1 aromatic heterocycles. The number of nitrogens with one attached hydrogen (secondary N) is 1. The van der Waals surface area contributed by atoms with Gasteiger partial charge in [0.15, 0.2) is 5.58 Å². The van der Waals surface area contributed by atoms with E-state index in [-0.39, 0.29) is 17.9 Å². The summed E-state index contributed by atoms with van der Waals surface area (Å²) in [4.78, 5) is 12.3. The smallest absolute Gasteiger partial charge is 0.226 e. The maximum atomic E-state index is 12.3. The van der Waals surface area contributed by atoms with Gasteiger partial charge in [-0.3, -0.25) is 4.79 Å². The Kier molecular flexibility index (Phi) is 3.78. The summed E-state index contributed by atoms with van der Waals surface area (Å²) in [6.07, 6.45) is 4.72. The Morgan fingerprint density at radius 2 is 2.10 bits per heavy atom. The van der Waals surface area contributed by atoms with Gasteiger partial charge < -0.3 is 9.84 Å². The normalized spacial score (nSPS) is 17.4. The zero-order valence-corrected chi connectivity index (χ0v) is 12.8. The van der Waals surface area contributed by atoms with Crippen LogP contribution in [0.1, 0.15) is 31.4 Å². The summed E-state index contributed by atoms with van der Waals surface area (Å²) in [5, 5.41) is 8.92. The number of rotatable bonds is 4. The molecule has 0 saturated heterocycles. The van der Waals surface area contributed by atoms with E-state index in [1.54, 1.807) is 0 Å². The molecule has 106 valence electrons. The molecule has 1 aromatic carbocycles. The Morgan fingerprint density at radius 1 is 1.35 bits per heavy atom. The fourth-order valence-electron chi connectivity index (χ4n) is 2.90. The number of carbonyl (C=O) groups is 1. The van der Waals surface area contributed by atoms with Crippen molar-refractivity contribution < 1.29 is 9.32 Å². The fourth-order valence-corrected chi connectivity index (χ4v) is 3.60. The number of aromatic nitrogens is 1. The molecule has 1 aliphatic rings. The quantitative estimate of drug-likeness (QED) is 0.872. The van der Waals surface area contributed by atoms with E-state index in [0.29, 0.717) is 5.69 Å². The van der Waals surface area contributed by atoms with Gasteiger partial charge in [0.05, 0.1) is 6.42 Å². The summed E-state index contributed by atoms with van der Waals surface area (Å²) in [5.41, 5.74) is 1.36. The van der Waals surface area contributed by atoms with Gasteiger partial charge in [0.1, 0.15) is 5.69 Å². The number of carbonyl (C=O) groups excluding carboxylic acids is 1. The number of nitrogens with zero attached hydrogens (tertiary/aromatic N) is 1. The van der Waals surface area contributed by atoms with Crippen molar-refractivity contribution in [3.8, 4) is 0 Å². The lowest BCUT2D eigenvalue weighted by atomic mass is 10.00. The Balaban J connectivity index is 1.73. The Morgan fingerprint density at radius 3 is 2.85 bits per heavy atom. The second-order valence-electron chi connectivity index (χ2n) is 5.47. The van der Waals surface area contributed by atoms with E-state index < -0.39 is 0 Å². The first-order chi connectivity index (χ1) is 9.72. The van der Waals surface area contributed by atoms with Gasteiger partial charge in [0, 0.05) is 16.3 Å². The monoisotopic (exact) mass is 336 g/mol. The van der Waals surface area contributed by atoms with Crippen LogP contribution in [-0.4, -0.2) is 21.9 Å². The van der Waals surface area contributed by atoms with Crippen molar-refractivity contribution in [2.75, 3.05) is 5.33 Å². The number of amides is 1. The van der Waals surface area contributed by atoms with E-state index >= 15 is 0 Å². The maximum absolute atomic E-state index is 12.3. The Labute approximate surface area is 126 Å². The summed E-state index contributed by atoms with van der Waals surface area (Å²) in [5.74, 6) is 0.0189. The van der Waals surface area contributed by atoms with E-state index in [0.717, 1.165) is 29.1 Å². The molecule has 1 N–H and O–H groups in total. The van der Waals surface area contributed by atoms with E-state index in [1.165, 1.54) is 12.8 Å². The van der Waals surface area contributed by atoms with Gasteiger partial charge in [-0.05, 0) is 25.0 Å². The predicted molar refractivity (Wildman–Crippen MR) is 80.8 cm³/mol. The summed E-state index contributed by atoms with van der Waals surface area (Å²) in [6.45, 7) is 0. The minimum Gasteiger partial charge on any atom is -0.356 e. The number of fused-ring (bicyclic) bond motifs is 1. The van der Waals surface area contributed by atoms with Crippen LogP contribution in [0, 0.1) is 0 Å². The summed E-state index contributed by atoms with van der Waals surface area (Å²) < 4.78 is 5.23. The van der Waals surface area contributed by atoms with Crippen LogP contribution in [0.15, 0.2) is 28.8 Å². The zero-order valence-electron chi connectivity index (χ0n) is 11.2. The molecule has 2 aromatic rings. The zero-order chi connectivity index (χ0) is 14.0. The minimum absolute atomic E-state index is 0.0189. The van der Waals surface area contributed by atoms with E-state index in [1.807, 2.05) is 24.3 Å². The summed E-state index contributed by atoms with van der Waals surface area (Å²) in [7, 11) is 0. The number of para-hydroxylation sites is 1. The Bertz CT molecular complexity index is 617. The van der Waals surface area contributed by atoms with Crippen molar-refractivity contribution in [3.63, 3.8) is 0 Å². The predicted octanol–water partition coefficient (Wildman–Crippen LogP) is 3.19. The van der Waals surface area contributed by atoms with Crippen molar-refractivity contribution in [2.24, 2.45) is 0 Å². The Hall–Kier alpha value is -1.36. The molecule has 1 saturated carbocycles. The van der Waals surface area contributed by atoms with Gasteiger partial charge in [-0.1, -0.05) is 46.1 Å². The van der Waals surface area contributed by atoms with Gasteiger partial charge in [0.25, 0.3) is 0 Å². The number of alkyl halides is 1. The van der Waals surface area contributed by atoms with Crippen molar-refractivity contribution in [2.45, 2.75) is 37.6 Å². The number of hydrogen-bond acceptors (Lipinski definition) is 3. The average molecular weight is 337 g/mol. The van der Waals surface area contributed by atoms with Gasteiger partial charge in [-0.2, -0.15) is 0 Å². The topological polar surface area (TPSA) is 55.1 Å². The lowest BCUT2D eigenvalue weighted by Crippen LogP contribution is -2.48. The first-order valence-electron chi connectivity index (χ1n) is 6.93. The van der Waals surface area contributed by atoms with Gasteiger partial charge in [-0.15, -0.1) is 0 Å². The van der Waals surface area contributed by atoms with Crippen molar-refractivity contribution in [1.82, 2.24) is 10.5 Å². The second kappa shape index (κ2) is 5.56. The maximum Gasteiger partial charge on any atom is 0.226 e. The first-order valence-corrected chi connectivity index (χ1v) is 8.05. The second-order valence-corrected chi connectivity index (χ2v) is 6.03. The van der Waals surface area contributed by atoms with E-state index in [9.17, 15) is 4.79 Å². The van der Waals surface area contributed by atoms with E-state index in [4.69, 9.17) is 4.52 Å². The van der Waals surface area contributed by atoms with Crippen molar-refractivity contribution >= 4 is 32.8 Å². The molecule has 1 heterocycles. The van der Waals surface area contributed by atoms with E-state index in [2.05, 4.69) is 26.4 Å². The number of halogens is 1. The lowest BCUT2D eigenvalue weighted by Gasteiger charge is -2.27. The van der Waals surface area contributed by atoms with Gasteiger partial charge in [0.2, 0.25) is 5.91 Å². The largest absolute Gasteiger partial charge is 0.356 e. The van der Waals surface area contributed by atoms with Crippen molar-refractivity contribution in [3.05, 3.63) is 30.0 Å². The van der Waals surface area contributed by atoms with Crippen LogP contribution in [0.25, 0.3) is 11.0 Å². The molecule has 4 nitrogen and oxygen atoms in total. The van der Waals surface area contributed by atoms with Crippen LogP contribution in [0.2, 0.25) is 0 Å². The van der Waals surface area contributed by atoms with Crippen LogP contribution < -0.4 is 5.32 Å². The SMILES string of the molecule is O=C(Cc1noc2ccccc12)NC1(CBr)CCCC1. The lowest BCUT2D eigenvalue weighted by molar-refractivity contribution is -0.122. The molecule has 0 atom stereocenters. The molecule has 1 amide bonds. The average Bonchev–Trinajstić information content (AvgIpc) is 3.07. The van der Waals surface area contributed by atoms with Crippen LogP contribution in [0.4, 0.5) is 0 Å². The highest BCUT2D eigenvalue weighted by atomic mass is 79.9. The molecule has 0 aliphatic heterocycles. The molecule has 0 bridgehead atoms. The van der Waals surface area contributed by atoms with Crippen LogP contribution in [0.5, 0.6) is 0 Å². The van der Waals surface area contributed by atoms with Crippen LogP contribution in [-0.2, 0) is 11.2 Å². The highest BCUT2D eigenvalue weighted by Gasteiger charge is 2.34. The number of benzene rings is 1. The van der Waals surface area contributed by atoms with Crippen molar-refractivity contribution in [1.29, 1.82) is 0 Å². The summed E-state index contributed by atoms with van der Waals surface area (Å²) >= 11 is 3.53. The standard InChI is InChI=1S/C15H17BrN2O2/c16-10-15(7-3-4-8-15)17-14(19)9-12-11-5-1-2-6-13(11)20-18-12/h1-2,5-6H,3-4,7-10H2,(H,17,19). The molecule has 0 radical (unpaired) electrons. The summed E-state index contributed by atoms with van der Waals surface area (Å²) in [6, 6.07) is 7.62. The third-order valence-corrected chi connectivity index (χ3v) is 5.07. The molecular weight excluding hydrogens is 320 g/mol. The number of hydrogen-bond donors (Lipinski definition) is 1.